The number of amides is 1. The number of rotatable bonds is 6. The van der Waals surface area contributed by atoms with Crippen LogP contribution < -0.4 is 16.4 Å². The quantitative estimate of drug-likeness (QED) is 0.640. The lowest BCUT2D eigenvalue weighted by atomic mass is 10.0. The number of hydrogen-bond donors (Lipinski definition) is 3. The van der Waals surface area contributed by atoms with Gasteiger partial charge in [0.2, 0.25) is 0 Å². The number of anilines is 1. The third-order valence-electron chi connectivity index (χ3n) is 3.93. The lowest BCUT2D eigenvalue weighted by Crippen LogP contribution is -2.24. The molecule has 0 aliphatic heterocycles. The number of hydrogen-bond acceptors (Lipinski definition) is 5. The standard InChI is InChI=1S/C18H18FN5O/c1-21-9-16(11-3-2-4-12(19)7-11)24-15-6-5-13(18(20)25)17-14(15)8-22-10-23-17/h2-8,10,16,21,24H,9H2,1H3,(H2,20,25). The molecule has 1 amide bonds. The summed E-state index contributed by atoms with van der Waals surface area (Å²) in [7, 11) is 1.82. The zero-order valence-electron chi connectivity index (χ0n) is 13.7. The summed E-state index contributed by atoms with van der Waals surface area (Å²) in [6.45, 7) is 0.580. The molecule has 1 unspecified atom stereocenters. The monoisotopic (exact) mass is 339 g/mol. The van der Waals surface area contributed by atoms with Crippen LogP contribution in [0.1, 0.15) is 22.0 Å². The number of nitrogens with one attached hydrogen (secondary N) is 2. The van der Waals surface area contributed by atoms with Crippen molar-refractivity contribution < 1.29 is 9.18 Å². The lowest BCUT2D eigenvalue weighted by Gasteiger charge is -2.21. The maximum Gasteiger partial charge on any atom is 0.250 e. The minimum atomic E-state index is -0.549. The normalized spacial score (nSPS) is 12.1. The first-order valence-corrected chi connectivity index (χ1v) is 7.79. The summed E-state index contributed by atoms with van der Waals surface area (Å²) in [6, 6.07) is 9.64. The highest BCUT2D eigenvalue weighted by atomic mass is 19.1. The Morgan fingerprint density at radius 2 is 2.16 bits per heavy atom. The molecule has 0 aliphatic rings. The van der Waals surface area contributed by atoms with Crippen LogP contribution in [0.15, 0.2) is 48.9 Å². The highest BCUT2D eigenvalue weighted by molar-refractivity contribution is 6.07. The molecule has 1 atom stereocenters. The third-order valence-corrected chi connectivity index (χ3v) is 3.93. The van der Waals surface area contributed by atoms with Crippen LogP contribution in [-0.4, -0.2) is 29.5 Å². The summed E-state index contributed by atoms with van der Waals surface area (Å²) in [5, 5.41) is 7.14. The smallest absolute Gasteiger partial charge is 0.250 e. The molecule has 0 saturated heterocycles. The average molecular weight is 339 g/mol. The largest absolute Gasteiger partial charge is 0.376 e. The number of likely N-dealkylation sites (N-methyl/N-ethyl adjacent to an activating group) is 1. The Morgan fingerprint density at radius 3 is 2.88 bits per heavy atom. The Labute approximate surface area is 144 Å². The molecule has 0 radical (unpaired) electrons. The van der Waals surface area contributed by atoms with E-state index in [1.807, 2.05) is 13.1 Å². The van der Waals surface area contributed by atoms with Gasteiger partial charge in [-0.15, -0.1) is 0 Å². The van der Waals surface area contributed by atoms with E-state index in [-0.39, 0.29) is 11.9 Å². The number of carbonyl (C=O) groups is 1. The van der Waals surface area contributed by atoms with E-state index in [0.717, 1.165) is 11.3 Å². The van der Waals surface area contributed by atoms with Crippen LogP contribution in [0.3, 0.4) is 0 Å². The molecule has 4 N–H and O–H groups in total. The van der Waals surface area contributed by atoms with Crippen LogP contribution in [0.4, 0.5) is 10.1 Å². The minimum Gasteiger partial charge on any atom is -0.376 e. The minimum absolute atomic E-state index is 0.177. The predicted octanol–water partition coefficient (Wildman–Crippen LogP) is 2.24. The highest BCUT2D eigenvalue weighted by Gasteiger charge is 2.16. The molecule has 7 heteroatoms. The third kappa shape index (κ3) is 3.56. The molecular formula is C18H18FN5O. The van der Waals surface area contributed by atoms with Gasteiger partial charge in [0.15, 0.2) is 0 Å². The van der Waals surface area contributed by atoms with Gasteiger partial charge < -0.3 is 16.4 Å². The Morgan fingerprint density at radius 1 is 1.32 bits per heavy atom. The fourth-order valence-electron chi connectivity index (χ4n) is 2.77. The SMILES string of the molecule is CNCC(Nc1ccc(C(N)=O)c2ncncc12)c1cccc(F)c1. The topological polar surface area (TPSA) is 92.9 Å². The van der Waals surface area contributed by atoms with Crippen LogP contribution in [0, 0.1) is 5.82 Å². The maximum atomic E-state index is 13.6. The summed E-state index contributed by atoms with van der Waals surface area (Å²) in [4.78, 5) is 19.8. The van der Waals surface area contributed by atoms with Crippen LogP contribution in [-0.2, 0) is 0 Å². The second-order valence-corrected chi connectivity index (χ2v) is 5.62. The van der Waals surface area contributed by atoms with Gasteiger partial charge in [0.25, 0.3) is 5.91 Å². The van der Waals surface area contributed by atoms with Crippen molar-refractivity contribution in [3.05, 3.63) is 65.9 Å². The van der Waals surface area contributed by atoms with Gasteiger partial charge in [0, 0.05) is 23.8 Å². The van der Waals surface area contributed by atoms with E-state index < -0.39 is 5.91 Å². The number of nitrogens with zero attached hydrogens (tertiary/aromatic N) is 2. The van der Waals surface area contributed by atoms with Gasteiger partial charge >= 0.3 is 0 Å². The Bertz CT molecular complexity index is 915. The maximum absolute atomic E-state index is 13.6. The average Bonchev–Trinajstić information content (AvgIpc) is 2.61. The number of nitrogens with two attached hydrogens (primary N) is 1. The van der Waals surface area contributed by atoms with E-state index in [1.54, 1.807) is 24.4 Å². The summed E-state index contributed by atoms with van der Waals surface area (Å²) in [5.74, 6) is -0.843. The van der Waals surface area contributed by atoms with E-state index in [4.69, 9.17) is 5.73 Å². The van der Waals surface area contributed by atoms with Crippen LogP contribution in [0.25, 0.3) is 10.9 Å². The molecule has 0 saturated carbocycles. The van der Waals surface area contributed by atoms with E-state index in [1.165, 1.54) is 18.5 Å². The lowest BCUT2D eigenvalue weighted by molar-refractivity contribution is 0.100. The molecular weight excluding hydrogens is 321 g/mol. The molecule has 1 aromatic heterocycles. The molecule has 0 bridgehead atoms. The first-order valence-electron chi connectivity index (χ1n) is 7.79. The molecule has 128 valence electrons. The molecule has 0 spiro atoms. The van der Waals surface area contributed by atoms with Crippen molar-refractivity contribution in [2.75, 3.05) is 18.9 Å². The van der Waals surface area contributed by atoms with Crippen LogP contribution in [0.2, 0.25) is 0 Å². The summed E-state index contributed by atoms with van der Waals surface area (Å²) in [6.07, 6.45) is 3.00. The number of carbonyl (C=O) groups excluding carboxylic acids is 1. The van der Waals surface area contributed by atoms with Gasteiger partial charge in [-0.3, -0.25) is 4.79 Å². The van der Waals surface area contributed by atoms with Crippen molar-refractivity contribution in [1.82, 2.24) is 15.3 Å². The van der Waals surface area contributed by atoms with E-state index in [9.17, 15) is 9.18 Å². The van der Waals surface area contributed by atoms with Gasteiger partial charge in [-0.05, 0) is 36.9 Å². The molecule has 25 heavy (non-hydrogen) atoms. The van der Waals surface area contributed by atoms with Gasteiger partial charge in [-0.1, -0.05) is 12.1 Å². The Balaban J connectivity index is 2.03. The molecule has 1 heterocycles. The van der Waals surface area contributed by atoms with Crippen LogP contribution >= 0.6 is 0 Å². The number of benzene rings is 2. The molecule has 3 aromatic rings. The van der Waals surface area contributed by atoms with Crippen molar-refractivity contribution in [3.8, 4) is 0 Å². The van der Waals surface area contributed by atoms with Gasteiger partial charge in [0.05, 0.1) is 17.1 Å². The van der Waals surface area contributed by atoms with Crippen molar-refractivity contribution in [2.45, 2.75) is 6.04 Å². The van der Waals surface area contributed by atoms with Gasteiger partial charge in [0.1, 0.15) is 12.1 Å². The fourth-order valence-corrected chi connectivity index (χ4v) is 2.77. The molecule has 2 aromatic carbocycles. The number of halogens is 1. The molecule has 0 fully saturated rings. The zero-order valence-corrected chi connectivity index (χ0v) is 13.7. The zero-order chi connectivity index (χ0) is 17.8. The van der Waals surface area contributed by atoms with Crippen molar-refractivity contribution >= 4 is 22.5 Å². The second-order valence-electron chi connectivity index (χ2n) is 5.62. The van der Waals surface area contributed by atoms with Crippen molar-refractivity contribution in [1.29, 1.82) is 0 Å². The van der Waals surface area contributed by atoms with Gasteiger partial charge in [-0.2, -0.15) is 0 Å². The number of aromatic nitrogens is 2. The molecule has 0 aliphatic carbocycles. The van der Waals surface area contributed by atoms with E-state index >= 15 is 0 Å². The van der Waals surface area contributed by atoms with Crippen molar-refractivity contribution in [2.24, 2.45) is 5.73 Å². The van der Waals surface area contributed by atoms with Crippen molar-refractivity contribution in [3.63, 3.8) is 0 Å². The summed E-state index contributed by atoms with van der Waals surface area (Å²) >= 11 is 0. The highest BCUT2D eigenvalue weighted by Crippen LogP contribution is 2.28. The Kier molecular flexibility index (Phi) is 4.85. The first kappa shape index (κ1) is 16.8. The number of primary amides is 1. The van der Waals surface area contributed by atoms with E-state index in [0.29, 0.717) is 23.0 Å². The molecule has 3 rings (SSSR count). The van der Waals surface area contributed by atoms with E-state index in [2.05, 4.69) is 20.6 Å². The summed E-state index contributed by atoms with van der Waals surface area (Å²) < 4.78 is 13.6. The number of fused-ring (bicyclic) bond motifs is 1. The second kappa shape index (κ2) is 7.23. The van der Waals surface area contributed by atoms with Crippen LogP contribution in [0.5, 0.6) is 0 Å². The molecule has 6 nitrogen and oxygen atoms in total. The first-order chi connectivity index (χ1) is 12.1. The Hall–Kier alpha value is -3.06. The predicted molar refractivity (Wildman–Crippen MR) is 94.7 cm³/mol. The van der Waals surface area contributed by atoms with Gasteiger partial charge in [-0.25, -0.2) is 14.4 Å². The summed E-state index contributed by atoms with van der Waals surface area (Å²) in [5.41, 5.74) is 7.77. The fraction of sp³-hybridized carbons (Fsp3) is 0.167.